The third kappa shape index (κ3) is 2.81. The van der Waals surface area contributed by atoms with E-state index in [0.717, 1.165) is 21.8 Å². The van der Waals surface area contributed by atoms with Crippen molar-refractivity contribution in [2.24, 2.45) is 10.8 Å². The summed E-state index contributed by atoms with van der Waals surface area (Å²) in [6.45, 7) is 6.36. The van der Waals surface area contributed by atoms with Crippen molar-refractivity contribution in [1.29, 1.82) is 0 Å². The highest BCUT2D eigenvalue weighted by molar-refractivity contribution is 7.20. The second-order valence-corrected chi connectivity index (χ2v) is 10.9. The van der Waals surface area contributed by atoms with Crippen LogP contribution in [0.1, 0.15) is 97.6 Å². The summed E-state index contributed by atoms with van der Waals surface area (Å²) >= 11 is 1.60. The maximum Gasteiger partial charge on any atom is 0.261 e. The average Bonchev–Trinajstić information content (AvgIpc) is 3.03. The monoisotopic (exact) mass is 410 g/mol. The second-order valence-electron chi connectivity index (χ2n) is 9.86. The van der Waals surface area contributed by atoms with E-state index in [9.17, 15) is 4.79 Å². The first-order valence-electron chi connectivity index (χ1n) is 11.7. The highest BCUT2D eigenvalue weighted by atomic mass is 32.1. The minimum atomic E-state index is 0.166. The first kappa shape index (κ1) is 19.5. The molecule has 0 aromatic carbocycles. The minimum Gasteiger partial charge on any atom is -0.347 e. The maximum atomic E-state index is 13.6. The van der Waals surface area contributed by atoms with Crippen LogP contribution in [-0.2, 0) is 6.42 Å². The van der Waals surface area contributed by atoms with Crippen LogP contribution in [0.15, 0.2) is 6.07 Å². The number of pyridine rings is 1. The molecular formula is C25H34N2OS. The van der Waals surface area contributed by atoms with Crippen LogP contribution in [0.4, 0.5) is 0 Å². The third-order valence-corrected chi connectivity index (χ3v) is 9.55. The van der Waals surface area contributed by atoms with Crippen LogP contribution in [0, 0.1) is 24.7 Å². The number of nitrogens with zero attached hydrogens (tertiary/aromatic N) is 1. The molecule has 4 heteroatoms. The minimum absolute atomic E-state index is 0.166. The average molecular weight is 411 g/mol. The first-order valence-corrected chi connectivity index (χ1v) is 12.5. The Kier molecular flexibility index (Phi) is 4.77. The number of carbonyl (C=O) groups excluding carboxylic acids is 1. The predicted molar refractivity (Wildman–Crippen MR) is 121 cm³/mol. The summed E-state index contributed by atoms with van der Waals surface area (Å²) in [7, 11) is 0. The smallest absolute Gasteiger partial charge is 0.261 e. The molecule has 2 heterocycles. The van der Waals surface area contributed by atoms with Gasteiger partial charge in [-0.3, -0.25) is 4.79 Å². The van der Waals surface area contributed by atoms with Gasteiger partial charge in [-0.15, -0.1) is 11.3 Å². The van der Waals surface area contributed by atoms with Crippen molar-refractivity contribution >= 4 is 27.5 Å². The molecule has 3 aliphatic rings. The number of aromatic nitrogens is 1. The van der Waals surface area contributed by atoms with Crippen molar-refractivity contribution in [3.05, 3.63) is 27.8 Å². The molecule has 3 aliphatic carbocycles. The Bertz CT molecular complexity index is 923. The van der Waals surface area contributed by atoms with E-state index < -0.39 is 0 Å². The van der Waals surface area contributed by atoms with Gasteiger partial charge in [0.15, 0.2) is 0 Å². The van der Waals surface area contributed by atoms with Crippen molar-refractivity contribution in [3.8, 4) is 0 Å². The molecule has 3 fully saturated rings. The molecule has 2 aromatic heterocycles. The van der Waals surface area contributed by atoms with E-state index in [1.165, 1.54) is 80.7 Å². The lowest BCUT2D eigenvalue weighted by atomic mass is 9.73. The topological polar surface area (TPSA) is 42.0 Å². The summed E-state index contributed by atoms with van der Waals surface area (Å²) in [5.74, 6) is 0.166. The second kappa shape index (κ2) is 7.08. The lowest BCUT2D eigenvalue weighted by molar-refractivity contribution is 0.0942. The number of amides is 1. The van der Waals surface area contributed by atoms with E-state index in [4.69, 9.17) is 4.98 Å². The fraction of sp³-hybridized carbons (Fsp3) is 0.680. The van der Waals surface area contributed by atoms with Gasteiger partial charge in [0, 0.05) is 17.1 Å². The summed E-state index contributed by atoms with van der Waals surface area (Å²) in [4.78, 5) is 20.2. The van der Waals surface area contributed by atoms with Gasteiger partial charge in [-0.1, -0.05) is 45.4 Å². The summed E-state index contributed by atoms with van der Waals surface area (Å²) < 4.78 is 0. The third-order valence-electron chi connectivity index (χ3n) is 8.43. The lowest BCUT2D eigenvalue weighted by Gasteiger charge is -2.31. The van der Waals surface area contributed by atoms with E-state index in [2.05, 4.69) is 25.2 Å². The molecule has 3 saturated carbocycles. The van der Waals surface area contributed by atoms with E-state index in [1.807, 2.05) is 6.92 Å². The molecule has 5 rings (SSSR count). The Morgan fingerprint density at radius 3 is 2.21 bits per heavy atom. The number of thiophene rings is 1. The molecule has 1 N–H and O–H groups in total. The van der Waals surface area contributed by atoms with Crippen LogP contribution in [0.2, 0.25) is 0 Å². The summed E-state index contributed by atoms with van der Waals surface area (Å²) in [6.07, 6.45) is 14.3. The van der Waals surface area contributed by atoms with Crippen molar-refractivity contribution in [2.75, 3.05) is 0 Å². The Labute approximate surface area is 178 Å². The molecule has 1 amide bonds. The molecule has 2 spiro atoms. The van der Waals surface area contributed by atoms with E-state index >= 15 is 0 Å². The molecule has 0 aliphatic heterocycles. The fourth-order valence-electron chi connectivity index (χ4n) is 7.19. The number of hydrogen-bond acceptors (Lipinski definition) is 3. The highest BCUT2D eigenvalue weighted by Crippen LogP contribution is 2.75. The van der Waals surface area contributed by atoms with Crippen molar-refractivity contribution in [1.82, 2.24) is 10.3 Å². The van der Waals surface area contributed by atoms with Crippen molar-refractivity contribution in [2.45, 2.75) is 97.4 Å². The summed E-state index contributed by atoms with van der Waals surface area (Å²) in [5.41, 5.74) is 4.28. The largest absolute Gasteiger partial charge is 0.347 e. The van der Waals surface area contributed by atoms with Gasteiger partial charge >= 0.3 is 0 Å². The van der Waals surface area contributed by atoms with Crippen LogP contribution in [0.25, 0.3) is 10.2 Å². The van der Waals surface area contributed by atoms with Gasteiger partial charge in [0.05, 0.1) is 4.88 Å². The SMILES string of the molecule is CCc1c(C(=O)NC2C3(CCCCC3)C23CCCCC3)sc2nc(C)cc(C)c12. The zero-order valence-electron chi connectivity index (χ0n) is 18.2. The molecule has 156 valence electrons. The van der Waals surface area contributed by atoms with Crippen LogP contribution in [0.3, 0.4) is 0 Å². The molecule has 0 radical (unpaired) electrons. The molecule has 0 unspecified atom stereocenters. The van der Waals surface area contributed by atoms with Crippen LogP contribution < -0.4 is 5.32 Å². The fourth-order valence-corrected chi connectivity index (χ4v) is 8.48. The van der Waals surface area contributed by atoms with Gasteiger partial charge in [0.1, 0.15) is 4.83 Å². The number of nitrogens with one attached hydrogen (secondary N) is 1. The number of hydrogen-bond donors (Lipinski definition) is 1. The Morgan fingerprint density at radius 1 is 1.07 bits per heavy atom. The van der Waals surface area contributed by atoms with Crippen LogP contribution in [0.5, 0.6) is 0 Å². The van der Waals surface area contributed by atoms with Gasteiger partial charge in [0.2, 0.25) is 0 Å². The summed E-state index contributed by atoms with van der Waals surface area (Å²) in [6, 6.07) is 2.54. The summed E-state index contributed by atoms with van der Waals surface area (Å²) in [5, 5.41) is 4.82. The lowest BCUT2D eigenvalue weighted by Crippen LogP contribution is -2.31. The standard InChI is InChI=1S/C25H34N2OS/c1-4-18-19-16(2)15-17(3)26-22(19)29-20(18)21(28)27-23-24(11-7-5-8-12-24)25(23)13-9-6-10-14-25/h15,23H,4-14H2,1-3H3,(H,27,28). The molecule has 29 heavy (non-hydrogen) atoms. The van der Waals surface area contributed by atoms with Gasteiger partial charge in [0.25, 0.3) is 5.91 Å². The van der Waals surface area contributed by atoms with Gasteiger partial charge in [-0.05, 0) is 74.0 Å². The molecule has 0 bridgehead atoms. The molecular weight excluding hydrogens is 376 g/mol. The number of carbonyl (C=O) groups is 1. The number of rotatable bonds is 3. The van der Waals surface area contributed by atoms with E-state index in [-0.39, 0.29) is 5.91 Å². The predicted octanol–water partition coefficient (Wildman–Crippen LogP) is 6.49. The highest BCUT2D eigenvalue weighted by Gasteiger charge is 2.75. The Morgan fingerprint density at radius 2 is 1.66 bits per heavy atom. The molecule has 0 atom stereocenters. The zero-order valence-corrected chi connectivity index (χ0v) is 19.0. The quantitative estimate of drug-likeness (QED) is 0.628. The van der Waals surface area contributed by atoms with Crippen molar-refractivity contribution < 1.29 is 4.79 Å². The van der Waals surface area contributed by atoms with Gasteiger partial charge in [-0.2, -0.15) is 0 Å². The Balaban J connectivity index is 1.48. The van der Waals surface area contributed by atoms with E-state index in [0.29, 0.717) is 16.9 Å². The zero-order chi connectivity index (χ0) is 20.2. The number of fused-ring (bicyclic) bond motifs is 2. The molecule has 2 aromatic rings. The van der Waals surface area contributed by atoms with Crippen molar-refractivity contribution in [3.63, 3.8) is 0 Å². The number of aryl methyl sites for hydroxylation is 3. The van der Waals surface area contributed by atoms with Crippen LogP contribution >= 0.6 is 11.3 Å². The first-order chi connectivity index (χ1) is 14.0. The normalized spacial score (nSPS) is 23.0. The molecule has 0 saturated heterocycles. The van der Waals surface area contributed by atoms with Crippen LogP contribution in [-0.4, -0.2) is 16.9 Å². The molecule has 3 nitrogen and oxygen atoms in total. The van der Waals surface area contributed by atoms with Gasteiger partial charge < -0.3 is 5.32 Å². The maximum absolute atomic E-state index is 13.6. The Hall–Kier alpha value is -1.42. The van der Waals surface area contributed by atoms with E-state index in [1.54, 1.807) is 11.3 Å². The van der Waals surface area contributed by atoms with Gasteiger partial charge in [-0.25, -0.2) is 4.98 Å².